The SMILES string of the molecule is C=CCN1CC[C@]23c4c5ccc(OC)c4O[C@H]2[C@H](N(CC(C)C)C(=O)C=Cc2ccccc2)CC[C@@]3(OC(C)=O)[C@H]1C5. The van der Waals surface area contributed by atoms with Gasteiger partial charge >= 0.3 is 5.97 Å². The second-order valence-electron chi connectivity index (χ2n) is 12.6. The van der Waals surface area contributed by atoms with E-state index < -0.39 is 11.0 Å². The molecule has 6 rings (SSSR count). The van der Waals surface area contributed by atoms with Gasteiger partial charge in [-0.15, -0.1) is 6.58 Å². The predicted molar refractivity (Wildman–Crippen MR) is 163 cm³/mol. The first-order chi connectivity index (χ1) is 20.3. The van der Waals surface area contributed by atoms with E-state index in [2.05, 4.69) is 31.4 Å². The van der Waals surface area contributed by atoms with E-state index in [4.69, 9.17) is 14.2 Å². The summed E-state index contributed by atoms with van der Waals surface area (Å²) in [4.78, 5) is 31.4. The Labute approximate surface area is 249 Å². The van der Waals surface area contributed by atoms with E-state index in [0.717, 1.165) is 42.8 Å². The molecule has 7 nitrogen and oxygen atoms in total. The Morgan fingerprint density at radius 1 is 1.19 bits per heavy atom. The van der Waals surface area contributed by atoms with Crippen LogP contribution >= 0.6 is 0 Å². The van der Waals surface area contributed by atoms with Gasteiger partial charge in [-0.05, 0) is 54.9 Å². The molecule has 0 aromatic heterocycles. The summed E-state index contributed by atoms with van der Waals surface area (Å²) < 4.78 is 19.4. The van der Waals surface area contributed by atoms with Crippen molar-refractivity contribution in [3.05, 3.63) is 77.9 Å². The zero-order chi connectivity index (χ0) is 29.6. The molecule has 0 radical (unpaired) electrons. The number of amides is 1. The molecule has 1 spiro atoms. The van der Waals surface area contributed by atoms with E-state index in [0.29, 0.717) is 25.1 Å². The number of benzene rings is 2. The van der Waals surface area contributed by atoms with Gasteiger partial charge in [0.05, 0.1) is 24.6 Å². The Morgan fingerprint density at radius 3 is 2.67 bits per heavy atom. The standard InChI is InChI=1S/C35H42N2O5/c1-6-19-36-20-18-34-31-26-13-14-28(40-5)32(31)41-33(34)27(16-17-35(34,29(36)21-26)42-24(4)38)37(22-23(2)3)30(39)15-12-25-10-8-7-9-11-25/h6-15,23,27,29,33H,1,16-22H2,2-5H3/t27-,29-,33+,34+,35-/m1/s1. The van der Waals surface area contributed by atoms with Crippen molar-refractivity contribution < 1.29 is 23.8 Å². The van der Waals surface area contributed by atoms with Gasteiger partial charge in [0, 0.05) is 38.2 Å². The molecule has 5 atom stereocenters. The number of methoxy groups -OCH3 is 1. The molecule has 222 valence electrons. The van der Waals surface area contributed by atoms with Crippen molar-refractivity contribution in [1.29, 1.82) is 0 Å². The largest absolute Gasteiger partial charge is 0.493 e. The van der Waals surface area contributed by atoms with Gasteiger partial charge in [-0.25, -0.2) is 0 Å². The third kappa shape index (κ3) is 4.27. The van der Waals surface area contributed by atoms with Crippen LogP contribution in [0.2, 0.25) is 0 Å². The van der Waals surface area contributed by atoms with Crippen molar-refractivity contribution in [2.75, 3.05) is 26.7 Å². The van der Waals surface area contributed by atoms with Crippen molar-refractivity contribution in [3.8, 4) is 11.5 Å². The molecule has 1 saturated heterocycles. The fraction of sp³-hybridized carbons (Fsp3) is 0.486. The van der Waals surface area contributed by atoms with Gasteiger partial charge in [0.15, 0.2) is 11.5 Å². The first-order valence-electron chi connectivity index (χ1n) is 15.2. The first-order valence-corrected chi connectivity index (χ1v) is 15.2. The summed E-state index contributed by atoms with van der Waals surface area (Å²) in [6, 6.07) is 13.8. The maximum Gasteiger partial charge on any atom is 0.303 e. The second kappa shape index (κ2) is 10.9. The average molecular weight is 571 g/mol. The molecule has 2 aromatic rings. The number of hydrogen-bond acceptors (Lipinski definition) is 6. The van der Waals surface area contributed by atoms with Crippen LogP contribution in [0, 0.1) is 5.92 Å². The van der Waals surface area contributed by atoms with Crippen LogP contribution in [0.1, 0.15) is 56.7 Å². The fourth-order valence-corrected chi connectivity index (χ4v) is 8.50. The van der Waals surface area contributed by atoms with Gasteiger partial charge in [0.2, 0.25) is 5.91 Å². The molecule has 2 aliphatic heterocycles. The lowest BCUT2D eigenvalue weighted by Crippen LogP contribution is -2.79. The fourth-order valence-electron chi connectivity index (χ4n) is 8.50. The van der Waals surface area contributed by atoms with Gasteiger partial charge < -0.3 is 19.1 Å². The Bertz CT molecular complexity index is 1400. The number of ether oxygens (including phenoxy) is 3. The van der Waals surface area contributed by atoms with Gasteiger partial charge in [-0.2, -0.15) is 0 Å². The molecule has 4 aliphatic rings. The molecule has 2 bridgehead atoms. The third-order valence-electron chi connectivity index (χ3n) is 9.86. The van der Waals surface area contributed by atoms with Crippen LogP contribution in [0.25, 0.3) is 6.08 Å². The molecular weight excluding hydrogens is 528 g/mol. The number of piperidine rings is 1. The highest BCUT2D eigenvalue weighted by atomic mass is 16.6. The predicted octanol–water partition coefficient (Wildman–Crippen LogP) is 5.17. The summed E-state index contributed by atoms with van der Waals surface area (Å²) in [6.45, 7) is 12.0. The van der Waals surface area contributed by atoms with Crippen LogP contribution in [-0.2, 0) is 26.2 Å². The van der Waals surface area contributed by atoms with Crippen LogP contribution in [0.4, 0.5) is 0 Å². The van der Waals surface area contributed by atoms with Crippen LogP contribution in [0.3, 0.4) is 0 Å². The minimum Gasteiger partial charge on any atom is -0.493 e. The zero-order valence-corrected chi connectivity index (χ0v) is 25.2. The zero-order valence-electron chi connectivity index (χ0n) is 25.2. The van der Waals surface area contributed by atoms with Crippen molar-refractivity contribution in [2.45, 2.75) is 75.7 Å². The lowest BCUT2D eigenvalue weighted by Gasteiger charge is -2.65. The van der Waals surface area contributed by atoms with Gasteiger partial charge in [-0.3, -0.25) is 14.5 Å². The smallest absolute Gasteiger partial charge is 0.303 e. The molecule has 42 heavy (non-hydrogen) atoms. The molecular formula is C35H42N2O5. The lowest BCUT2D eigenvalue weighted by molar-refractivity contribution is -0.223. The summed E-state index contributed by atoms with van der Waals surface area (Å²) in [7, 11) is 1.67. The van der Waals surface area contributed by atoms with E-state index in [1.165, 1.54) is 12.5 Å². The van der Waals surface area contributed by atoms with E-state index in [-0.39, 0.29) is 36.0 Å². The molecule has 7 heteroatoms. The Hall–Kier alpha value is -3.58. The monoisotopic (exact) mass is 570 g/mol. The summed E-state index contributed by atoms with van der Waals surface area (Å²) >= 11 is 0. The molecule has 0 unspecified atom stereocenters. The first kappa shape index (κ1) is 28.5. The Kier molecular flexibility index (Phi) is 7.42. The summed E-state index contributed by atoms with van der Waals surface area (Å²) in [5.41, 5.74) is 1.93. The normalized spacial score (nSPS) is 29.1. The van der Waals surface area contributed by atoms with Crippen molar-refractivity contribution >= 4 is 18.0 Å². The lowest BCUT2D eigenvalue weighted by atomic mass is 9.48. The summed E-state index contributed by atoms with van der Waals surface area (Å²) in [5, 5.41) is 0. The molecule has 2 aliphatic carbocycles. The van der Waals surface area contributed by atoms with Crippen molar-refractivity contribution in [3.63, 3.8) is 0 Å². The Morgan fingerprint density at radius 2 is 1.98 bits per heavy atom. The number of hydrogen-bond donors (Lipinski definition) is 0. The quantitative estimate of drug-likeness (QED) is 0.235. The molecule has 2 fully saturated rings. The van der Waals surface area contributed by atoms with Crippen LogP contribution in [0.15, 0.2) is 61.2 Å². The van der Waals surface area contributed by atoms with Gasteiger partial charge in [0.1, 0.15) is 11.7 Å². The number of carbonyl (C=O) groups is 2. The van der Waals surface area contributed by atoms with E-state index in [9.17, 15) is 9.59 Å². The molecule has 2 aromatic carbocycles. The molecule has 0 N–H and O–H groups in total. The van der Waals surface area contributed by atoms with E-state index in [1.807, 2.05) is 53.5 Å². The average Bonchev–Trinajstić information content (AvgIpc) is 3.32. The van der Waals surface area contributed by atoms with E-state index >= 15 is 0 Å². The number of nitrogens with zero attached hydrogens (tertiary/aromatic N) is 2. The minimum atomic E-state index is -0.779. The number of carbonyl (C=O) groups excluding carboxylic acids is 2. The van der Waals surface area contributed by atoms with Gasteiger partial charge in [0.25, 0.3) is 0 Å². The highest BCUT2D eigenvalue weighted by Gasteiger charge is 2.75. The van der Waals surface area contributed by atoms with Crippen LogP contribution in [-0.4, -0.2) is 72.2 Å². The topological polar surface area (TPSA) is 68.3 Å². The number of rotatable bonds is 9. The van der Waals surface area contributed by atoms with E-state index in [1.54, 1.807) is 13.2 Å². The second-order valence-corrected chi connectivity index (χ2v) is 12.6. The van der Waals surface area contributed by atoms with Crippen molar-refractivity contribution in [2.24, 2.45) is 5.92 Å². The summed E-state index contributed by atoms with van der Waals surface area (Å²) in [5.74, 6) is 1.38. The maximum atomic E-state index is 14.0. The van der Waals surface area contributed by atoms with Crippen LogP contribution in [0.5, 0.6) is 11.5 Å². The number of esters is 1. The highest BCUT2D eigenvalue weighted by Crippen LogP contribution is 2.67. The minimum absolute atomic E-state index is 0.0146. The molecule has 1 amide bonds. The maximum absolute atomic E-state index is 14.0. The summed E-state index contributed by atoms with van der Waals surface area (Å²) in [6.07, 6.45) is 7.95. The Balaban J connectivity index is 1.49. The van der Waals surface area contributed by atoms with Crippen molar-refractivity contribution in [1.82, 2.24) is 9.80 Å². The van der Waals surface area contributed by atoms with Gasteiger partial charge in [-0.1, -0.05) is 56.3 Å². The van der Waals surface area contributed by atoms with Crippen LogP contribution < -0.4 is 9.47 Å². The highest BCUT2D eigenvalue weighted by molar-refractivity contribution is 5.92. The molecule has 2 heterocycles. The molecule has 1 saturated carbocycles. The third-order valence-corrected chi connectivity index (χ3v) is 9.86. The number of likely N-dealkylation sites (tertiary alicyclic amines) is 1.